The fourth-order valence-electron chi connectivity index (χ4n) is 2.32. The molecule has 2 rings (SSSR count). The van der Waals surface area contributed by atoms with E-state index < -0.39 is 11.7 Å². The third-order valence-electron chi connectivity index (χ3n) is 4.45. The molecule has 186 valence electrons. The Kier molecular flexibility index (Phi) is 12.2. The first kappa shape index (κ1) is 29.0. The van der Waals surface area contributed by atoms with Crippen LogP contribution in [0.5, 0.6) is 0 Å². The van der Waals surface area contributed by atoms with Gasteiger partial charge >= 0.3 is 6.09 Å². The van der Waals surface area contributed by atoms with Crippen molar-refractivity contribution in [2.75, 3.05) is 11.9 Å². The molecule has 1 atom stereocenters. The van der Waals surface area contributed by atoms with Crippen LogP contribution < -0.4 is 10.6 Å². The zero-order valence-electron chi connectivity index (χ0n) is 21.6. The SMILES string of the molecule is C/C=C(/C)N=CC(C)CC.Cc1cccc(-c2csc(NC(=O)CNC(=O)OC(C)(C)C)n2)c1. The zero-order valence-corrected chi connectivity index (χ0v) is 22.4. The van der Waals surface area contributed by atoms with Gasteiger partial charge in [0, 0.05) is 22.9 Å². The van der Waals surface area contributed by atoms with Gasteiger partial charge in [0.2, 0.25) is 5.91 Å². The maximum Gasteiger partial charge on any atom is 0.408 e. The van der Waals surface area contributed by atoms with Crippen LogP contribution in [0.4, 0.5) is 9.93 Å². The third kappa shape index (κ3) is 12.3. The van der Waals surface area contributed by atoms with Crippen LogP contribution in [-0.2, 0) is 9.53 Å². The highest BCUT2D eigenvalue weighted by Crippen LogP contribution is 2.25. The van der Waals surface area contributed by atoms with Crippen LogP contribution in [0.25, 0.3) is 11.3 Å². The number of nitrogens with zero attached hydrogens (tertiary/aromatic N) is 2. The number of hydrogen-bond donors (Lipinski definition) is 2. The monoisotopic (exact) mass is 486 g/mol. The Labute approximate surface area is 207 Å². The van der Waals surface area contributed by atoms with Crippen LogP contribution in [0, 0.1) is 12.8 Å². The molecular formula is C26H38N4O3S. The standard InChI is InChI=1S/C17H21N3O3S.C9H17N/c1-11-6-5-7-12(8-11)13-10-24-15(19-13)20-14(21)9-18-16(22)23-17(2,3)4;1-5-8(3)7-10-9(4)6-2/h5-8,10H,9H2,1-4H3,(H,18,22)(H,19,20,21);6-8H,5H2,1-4H3/b;9-6-,10-7?. The van der Waals surface area contributed by atoms with Crippen LogP contribution >= 0.6 is 11.3 Å². The van der Waals surface area contributed by atoms with Gasteiger partial charge in [-0.1, -0.05) is 43.7 Å². The number of thiazole rings is 1. The number of carbonyl (C=O) groups is 2. The summed E-state index contributed by atoms with van der Waals surface area (Å²) in [6, 6.07) is 7.98. The number of nitrogens with one attached hydrogen (secondary N) is 2. The molecule has 34 heavy (non-hydrogen) atoms. The van der Waals surface area contributed by atoms with E-state index in [0.717, 1.165) is 22.5 Å². The topological polar surface area (TPSA) is 92.7 Å². The summed E-state index contributed by atoms with van der Waals surface area (Å²) in [5, 5.41) is 7.44. The first-order valence-corrected chi connectivity index (χ1v) is 12.3. The summed E-state index contributed by atoms with van der Waals surface area (Å²) in [6.07, 6.45) is 4.56. The second kappa shape index (κ2) is 14.3. The Balaban J connectivity index is 0.000000489. The highest BCUT2D eigenvalue weighted by Gasteiger charge is 2.17. The molecule has 0 radical (unpaired) electrons. The molecule has 1 heterocycles. The Morgan fingerprint density at radius 3 is 2.59 bits per heavy atom. The van der Waals surface area contributed by atoms with Gasteiger partial charge in [0.1, 0.15) is 12.1 Å². The summed E-state index contributed by atoms with van der Waals surface area (Å²) in [5.41, 5.74) is 3.45. The van der Waals surface area contributed by atoms with Crippen LogP contribution in [0.2, 0.25) is 0 Å². The van der Waals surface area contributed by atoms with Gasteiger partial charge in [0.25, 0.3) is 0 Å². The van der Waals surface area contributed by atoms with E-state index in [1.54, 1.807) is 20.8 Å². The zero-order chi connectivity index (χ0) is 25.7. The molecule has 0 bridgehead atoms. The maximum atomic E-state index is 11.9. The normalized spacial score (nSPS) is 12.5. The van der Waals surface area contributed by atoms with E-state index in [9.17, 15) is 9.59 Å². The van der Waals surface area contributed by atoms with Gasteiger partial charge in [-0.05, 0) is 59.9 Å². The van der Waals surface area contributed by atoms with Crippen LogP contribution in [0.1, 0.15) is 60.5 Å². The molecule has 0 saturated heterocycles. The quantitative estimate of drug-likeness (QED) is 0.431. The smallest absolute Gasteiger partial charge is 0.408 e. The molecule has 0 fully saturated rings. The van der Waals surface area contributed by atoms with Gasteiger partial charge in [-0.25, -0.2) is 9.78 Å². The number of allylic oxidation sites excluding steroid dienone is 2. The fourth-order valence-corrected chi connectivity index (χ4v) is 3.06. The molecule has 2 N–H and O–H groups in total. The lowest BCUT2D eigenvalue weighted by Gasteiger charge is -2.19. The fraction of sp³-hybridized carbons (Fsp3) is 0.462. The van der Waals surface area contributed by atoms with Gasteiger partial charge in [0.05, 0.1) is 5.69 Å². The second-order valence-corrected chi connectivity index (χ2v) is 9.76. The van der Waals surface area contributed by atoms with Gasteiger partial charge in [-0.2, -0.15) is 0 Å². The first-order valence-electron chi connectivity index (χ1n) is 11.4. The van der Waals surface area contributed by atoms with Crippen molar-refractivity contribution in [3.63, 3.8) is 0 Å². The first-order chi connectivity index (χ1) is 15.9. The molecule has 1 aromatic carbocycles. The van der Waals surface area contributed by atoms with Gasteiger partial charge < -0.3 is 15.4 Å². The van der Waals surface area contributed by atoms with Crippen LogP contribution in [0.15, 0.2) is 46.4 Å². The van der Waals surface area contributed by atoms with E-state index in [4.69, 9.17) is 4.74 Å². The lowest BCUT2D eigenvalue weighted by molar-refractivity contribution is -0.115. The highest BCUT2D eigenvalue weighted by atomic mass is 32.1. The maximum absolute atomic E-state index is 11.9. The van der Waals surface area contributed by atoms with Crippen molar-refractivity contribution in [3.8, 4) is 11.3 Å². The van der Waals surface area contributed by atoms with Crippen LogP contribution in [0.3, 0.4) is 0 Å². The van der Waals surface area contributed by atoms with E-state index in [1.807, 2.05) is 62.7 Å². The average Bonchev–Trinajstić information content (AvgIpc) is 3.23. The molecule has 2 amide bonds. The van der Waals surface area contributed by atoms with E-state index in [0.29, 0.717) is 11.0 Å². The number of hydrogen-bond acceptors (Lipinski definition) is 6. The van der Waals surface area contributed by atoms with E-state index in [2.05, 4.69) is 34.5 Å². The molecule has 0 aliphatic heterocycles. The number of benzene rings is 1. The second-order valence-electron chi connectivity index (χ2n) is 8.90. The summed E-state index contributed by atoms with van der Waals surface area (Å²) < 4.78 is 5.07. The third-order valence-corrected chi connectivity index (χ3v) is 5.21. The summed E-state index contributed by atoms with van der Waals surface area (Å²) in [4.78, 5) is 32.0. The summed E-state index contributed by atoms with van der Waals surface area (Å²) in [7, 11) is 0. The number of rotatable bonds is 7. The van der Waals surface area contributed by atoms with E-state index in [-0.39, 0.29) is 12.5 Å². The number of ether oxygens (including phenoxy) is 1. The van der Waals surface area contributed by atoms with E-state index >= 15 is 0 Å². The minimum atomic E-state index is -0.628. The predicted octanol–water partition coefficient (Wildman–Crippen LogP) is 6.61. The number of alkyl carbamates (subject to hydrolysis) is 1. The van der Waals surface area contributed by atoms with Gasteiger partial charge in [-0.3, -0.25) is 9.79 Å². The van der Waals surface area contributed by atoms with E-state index in [1.165, 1.54) is 17.8 Å². The summed E-state index contributed by atoms with van der Waals surface area (Å²) in [6.45, 7) is 15.5. The van der Waals surface area contributed by atoms with Crippen LogP contribution in [-0.4, -0.2) is 35.3 Å². The number of carbonyl (C=O) groups excluding carboxylic acids is 2. The number of amides is 2. The summed E-state index contributed by atoms with van der Waals surface area (Å²) >= 11 is 1.34. The largest absolute Gasteiger partial charge is 0.444 e. The van der Waals surface area contributed by atoms with Gasteiger partial charge in [-0.15, -0.1) is 11.3 Å². The molecule has 7 nitrogen and oxygen atoms in total. The average molecular weight is 487 g/mol. The Morgan fingerprint density at radius 2 is 2.00 bits per heavy atom. The minimum Gasteiger partial charge on any atom is -0.444 e. The molecule has 0 aliphatic carbocycles. The van der Waals surface area contributed by atoms with Crippen molar-refractivity contribution in [1.29, 1.82) is 0 Å². The number of aryl methyl sites for hydroxylation is 1. The molecule has 1 aromatic heterocycles. The van der Waals surface area contributed by atoms with Crippen molar-refractivity contribution in [1.82, 2.24) is 10.3 Å². The van der Waals surface area contributed by atoms with Gasteiger partial charge in [0.15, 0.2) is 5.13 Å². The lowest BCUT2D eigenvalue weighted by Crippen LogP contribution is -2.37. The Bertz CT molecular complexity index is 990. The summed E-state index contributed by atoms with van der Waals surface area (Å²) in [5.74, 6) is 0.251. The number of aromatic nitrogens is 1. The Hall–Kier alpha value is -3.00. The molecule has 8 heteroatoms. The minimum absolute atomic E-state index is 0.172. The molecule has 2 aromatic rings. The van der Waals surface area contributed by atoms with Crippen molar-refractivity contribution >= 4 is 34.7 Å². The molecule has 0 aliphatic rings. The molecule has 0 saturated carbocycles. The molecule has 0 spiro atoms. The molecular weight excluding hydrogens is 448 g/mol. The Morgan fingerprint density at radius 1 is 1.29 bits per heavy atom. The van der Waals surface area contributed by atoms with Crippen molar-refractivity contribution < 1.29 is 14.3 Å². The predicted molar refractivity (Wildman–Crippen MR) is 143 cm³/mol. The lowest BCUT2D eigenvalue weighted by atomic mass is 10.1. The van der Waals surface area contributed by atoms with Crippen molar-refractivity contribution in [3.05, 3.63) is 47.0 Å². The van der Waals surface area contributed by atoms with Crippen molar-refractivity contribution in [2.45, 2.75) is 67.4 Å². The number of aliphatic imine (C=N–C) groups is 1. The number of anilines is 1. The molecule has 1 unspecified atom stereocenters. The van der Waals surface area contributed by atoms with Crippen molar-refractivity contribution in [2.24, 2.45) is 10.9 Å². The highest BCUT2D eigenvalue weighted by molar-refractivity contribution is 7.14.